The van der Waals surface area contributed by atoms with E-state index in [0.717, 1.165) is 18.5 Å². The van der Waals surface area contributed by atoms with Crippen LogP contribution in [0.1, 0.15) is 40.5 Å². The lowest BCUT2D eigenvalue weighted by Crippen LogP contribution is -2.37. The summed E-state index contributed by atoms with van der Waals surface area (Å²) in [6.07, 6.45) is 4.14. The molecule has 1 heteroatoms. The third-order valence-corrected chi connectivity index (χ3v) is 2.08. The Balaban J connectivity index is 4.14. The molecule has 0 saturated carbocycles. The fraction of sp³-hybridized carbons (Fsp3) is 0.667. The fourth-order valence-electron chi connectivity index (χ4n) is 1.22. The van der Waals surface area contributed by atoms with Crippen molar-refractivity contribution in [2.75, 3.05) is 0 Å². The van der Waals surface area contributed by atoms with Gasteiger partial charge in [-0.2, -0.15) is 0 Å². The average Bonchev–Trinajstić information content (AvgIpc) is 1.98. The third kappa shape index (κ3) is 4.76. The maximum absolute atomic E-state index is 3.99. The first kappa shape index (κ1) is 12.3. The second-order valence-corrected chi connectivity index (χ2v) is 4.58. The van der Waals surface area contributed by atoms with Gasteiger partial charge in [-0.05, 0) is 11.8 Å². The summed E-state index contributed by atoms with van der Waals surface area (Å²) in [6.45, 7) is 16.6. The summed E-state index contributed by atoms with van der Waals surface area (Å²) in [6, 6.07) is 0.312. The van der Waals surface area contributed by atoms with Crippen LogP contribution >= 0.6 is 0 Å². The number of rotatable bonds is 5. The lowest BCUT2D eigenvalue weighted by atomic mass is 9.86. The molecule has 0 aromatic rings. The molecule has 0 aromatic carbocycles. The first-order chi connectivity index (χ1) is 5.91. The Morgan fingerprint density at radius 2 is 2.00 bits per heavy atom. The summed E-state index contributed by atoms with van der Waals surface area (Å²) in [5.41, 5.74) is 1.32. The zero-order valence-electron chi connectivity index (χ0n) is 9.48. The van der Waals surface area contributed by atoms with Gasteiger partial charge in [-0.3, -0.25) is 0 Å². The normalized spacial score (nSPS) is 13.5. The molecule has 0 radical (unpaired) electrons. The van der Waals surface area contributed by atoms with Crippen molar-refractivity contribution in [2.45, 2.75) is 46.6 Å². The predicted octanol–water partition coefficient (Wildman–Crippen LogP) is 3.49. The maximum Gasteiger partial charge on any atom is 0.0487 e. The Morgan fingerprint density at radius 3 is 2.31 bits per heavy atom. The summed E-state index contributed by atoms with van der Waals surface area (Å²) < 4.78 is 0. The zero-order chi connectivity index (χ0) is 10.5. The molecule has 1 nitrogen and oxygen atoms in total. The Labute approximate surface area is 82.9 Å². The molecule has 0 saturated heterocycles. The molecule has 76 valence electrons. The average molecular weight is 181 g/mol. The number of hydrogen-bond donors (Lipinski definition) is 1. The van der Waals surface area contributed by atoms with E-state index in [1.807, 2.05) is 6.08 Å². The lowest BCUT2D eigenvalue weighted by Gasteiger charge is -2.30. The molecule has 0 bridgehead atoms. The van der Waals surface area contributed by atoms with Crippen LogP contribution in [0.2, 0.25) is 0 Å². The molecule has 0 aliphatic rings. The van der Waals surface area contributed by atoms with E-state index in [0.29, 0.717) is 6.04 Å². The van der Waals surface area contributed by atoms with Gasteiger partial charge in [-0.25, -0.2) is 0 Å². The molecule has 0 aliphatic carbocycles. The second kappa shape index (κ2) is 5.11. The van der Waals surface area contributed by atoms with Gasteiger partial charge in [0.1, 0.15) is 0 Å². The van der Waals surface area contributed by atoms with Crippen molar-refractivity contribution >= 4 is 0 Å². The van der Waals surface area contributed by atoms with Crippen molar-refractivity contribution < 1.29 is 0 Å². The smallest absolute Gasteiger partial charge is 0.0487 e. The number of hydrogen-bond acceptors (Lipinski definition) is 1. The van der Waals surface area contributed by atoms with Gasteiger partial charge >= 0.3 is 0 Å². The number of nitrogens with one attached hydrogen (secondary N) is 1. The van der Waals surface area contributed by atoms with E-state index in [2.05, 4.69) is 46.2 Å². The molecule has 0 fully saturated rings. The fourth-order valence-corrected chi connectivity index (χ4v) is 1.22. The topological polar surface area (TPSA) is 12.0 Å². The minimum absolute atomic E-state index is 0.207. The second-order valence-electron chi connectivity index (χ2n) is 4.58. The predicted molar refractivity (Wildman–Crippen MR) is 60.6 cm³/mol. The maximum atomic E-state index is 3.99. The van der Waals surface area contributed by atoms with Crippen LogP contribution in [0.3, 0.4) is 0 Å². The molecular weight excluding hydrogens is 158 g/mol. The largest absolute Gasteiger partial charge is 0.382 e. The molecule has 0 aromatic heterocycles. The van der Waals surface area contributed by atoms with Crippen LogP contribution in [0.25, 0.3) is 0 Å². The Hall–Kier alpha value is -0.720. The molecule has 1 unspecified atom stereocenters. The molecule has 0 rings (SSSR count). The summed E-state index contributed by atoms with van der Waals surface area (Å²) in [7, 11) is 0. The van der Waals surface area contributed by atoms with Crippen LogP contribution in [0, 0.1) is 5.41 Å². The summed E-state index contributed by atoms with van der Waals surface area (Å²) in [5.74, 6) is 0. The van der Waals surface area contributed by atoms with E-state index in [1.54, 1.807) is 0 Å². The van der Waals surface area contributed by atoms with Gasteiger partial charge in [-0.15, -0.1) is 6.58 Å². The van der Waals surface area contributed by atoms with E-state index in [1.165, 1.54) is 0 Å². The van der Waals surface area contributed by atoms with Gasteiger partial charge in [0.15, 0.2) is 0 Å². The van der Waals surface area contributed by atoms with Crippen molar-refractivity contribution in [2.24, 2.45) is 5.41 Å². The Bertz CT molecular complexity index is 174. The van der Waals surface area contributed by atoms with Gasteiger partial charge < -0.3 is 5.32 Å². The molecular formula is C12H23N. The zero-order valence-corrected chi connectivity index (χ0v) is 9.48. The van der Waals surface area contributed by atoms with Gasteiger partial charge in [0.2, 0.25) is 0 Å². The van der Waals surface area contributed by atoms with Crippen LogP contribution in [-0.4, -0.2) is 6.04 Å². The SMILES string of the molecule is C=CC(NC(=C)CCC)C(C)(C)C. The van der Waals surface area contributed by atoms with Crippen LogP contribution in [0.5, 0.6) is 0 Å². The molecule has 0 spiro atoms. The van der Waals surface area contributed by atoms with Gasteiger partial charge in [0.25, 0.3) is 0 Å². The first-order valence-electron chi connectivity index (χ1n) is 4.98. The highest BCUT2D eigenvalue weighted by Gasteiger charge is 2.21. The molecule has 0 heterocycles. The van der Waals surface area contributed by atoms with Gasteiger partial charge in [0, 0.05) is 11.7 Å². The Kier molecular flexibility index (Phi) is 4.82. The highest BCUT2D eigenvalue weighted by molar-refractivity contribution is 5.03. The summed E-state index contributed by atoms with van der Waals surface area (Å²) >= 11 is 0. The van der Waals surface area contributed by atoms with E-state index in [-0.39, 0.29) is 5.41 Å². The van der Waals surface area contributed by atoms with Crippen LogP contribution in [-0.2, 0) is 0 Å². The van der Waals surface area contributed by atoms with E-state index in [9.17, 15) is 0 Å². The van der Waals surface area contributed by atoms with Crippen molar-refractivity contribution in [3.8, 4) is 0 Å². The van der Waals surface area contributed by atoms with Crippen molar-refractivity contribution in [1.82, 2.24) is 5.32 Å². The molecule has 13 heavy (non-hydrogen) atoms. The number of allylic oxidation sites excluding steroid dienone is 1. The quantitative estimate of drug-likeness (QED) is 0.640. The summed E-state index contributed by atoms with van der Waals surface area (Å²) in [5, 5.41) is 3.40. The van der Waals surface area contributed by atoms with Crippen LogP contribution < -0.4 is 5.32 Å². The molecule has 1 N–H and O–H groups in total. The van der Waals surface area contributed by atoms with Gasteiger partial charge in [-0.1, -0.05) is 46.8 Å². The Morgan fingerprint density at radius 1 is 1.46 bits per heavy atom. The van der Waals surface area contributed by atoms with Crippen LogP contribution in [0.4, 0.5) is 0 Å². The third-order valence-electron chi connectivity index (χ3n) is 2.08. The monoisotopic (exact) mass is 181 g/mol. The van der Waals surface area contributed by atoms with Crippen molar-refractivity contribution in [1.29, 1.82) is 0 Å². The molecule has 1 atom stereocenters. The van der Waals surface area contributed by atoms with E-state index in [4.69, 9.17) is 0 Å². The standard InChI is InChI=1S/C12H23N/c1-7-9-10(3)13-11(8-2)12(4,5)6/h8,11,13H,2-3,7,9H2,1,4-6H3. The minimum atomic E-state index is 0.207. The minimum Gasteiger partial charge on any atom is -0.382 e. The van der Waals surface area contributed by atoms with E-state index < -0.39 is 0 Å². The van der Waals surface area contributed by atoms with Crippen molar-refractivity contribution in [3.05, 3.63) is 24.9 Å². The lowest BCUT2D eigenvalue weighted by molar-refractivity contribution is 0.328. The first-order valence-corrected chi connectivity index (χ1v) is 4.98. The van der Waals surface area contributed by atoms with Crippen LogP contribution in [0.15, 0.2) is 24.9 Å². The highest BCUT2D eigenvalue weighted by atomic mass is 14.9. The molecule has 0 amide bonds. The van der Waals surface area contributed by atoms with Gasteiger partial charge in [0.05, 0.1) is 0 Å². The van der Waals surface area contributed by atoms with Crippen molar-refractivity contribution in [3.63, 3.8) is 0 Å². The van der Waals surface area contributed by atoms with E-state index >= 15 is 0 Å². The summed E-state index contributed by atoms with van der Waals surface area (Å²) in [4.78, 5) is 0. The molecule has 0 aliphatic heterocycles. The highest BCUT2D eigenvalue weighted by Crippen LogP contribution is 2.21.